The highest BCUT2D eigenvalue weighted by Crippen LogP contribution is 2.26. The molecule has 0 N–H and O–H groups in total. The first-order valence-corrected chi connectivity index (χ1v) is 21.4. The van der Waals surface area contributed by atoms with Gasteiger partial charge in [0, 0.05) is 12.2 Å². The second-order valence-electron chi connectivity index (χ2n) is 14.6. The molecule has 0 radical (unpaired) electrons. The monoisotopic (exact) mass is 812 g/mol. The average molecular weight is 813 g/mol. The Kier molecular flexibility index (Phi) is 24.2. The van der Waals surface area contributed by atoms with Crippen LogP contribution in [-0.2, 0) is 19.1 Å². The lowest BCUT2D eigenvalue weighted by Gasteiger charge is -2.11. The molecule has 0 aliphatic heterocycles. The van der Waals surface area contributed by atoms with Gasteiger partial charge in [-0.2, -0.15) is 0 Å². The quantitative estimate of drug-likeness (QED) is 0.0260. The molecule has 0 fully saturated rings. The van der Waals surface area contributed by atoms with E-state index in [1.54, 1.807) is 73.7 Å². The molecule has 320 valence electrons. The molecule has 3 rings (SSSR count). The molecule has 0 spiro atoms. The van der Waals surface area contributed by atoms with Gasteiger partial charge in [-0.3, -0.25) is 0 Å². The van der Waals surface area contributed by atoms with Gasteiger partial charge in [-0.1, -0.05) is 103 Å². The fourth-order valence-corrected chi connectivity index (χ4v) is 6.23. The van der Waals surface area contributed by atoms with Crippen LogP contribution < -0.4 is 18.9 Å². The van der Waals surface area contributed by atoms with Gasteiger partial charge in [-0.25, -0.2) is 19.2 Å². The van der Waals surface area contributed by atoms with Crippen LogP contribution in [-0.4, -0.2) is 50.3 Å². The van der Waals surface area contributed by atoms with Crippen molar-refractivity contribution in [3.63, 3.8) is 0 Å². The van der Waals surface area contributed by atoms with Gasteiger partial charge in [0.2, 0.25) is 0 Å². The molecule has 0 unspecified atom stereocenters. The summed E-state index contributed by atoms with van der Waals surface area (Å²) < 4.78 is 32.9. The van der Waals surface area contributed by atoms with Crippen LogP contribution in [0.5, 0.6) is 23.0 Å². The minimum atomic E-state index is -0.496. The summed E-state index contributed by atoms with van der Waals surface area (Å²) in [6, 6.07) is 18.7. The second-order valence-corrected chi connectivity index (χ2v) is 14.6. The number of rotatable bonds is 32. The Morgan fingerprint density at radius 2 is 0.780 bits per heavy atom. The molecule has 0 amide bonds. The van der Waals surface area contributed by atoms with Gasteiger partial charge >= 0.3 is 23.9 Å². The molecule has 0 heterocycles. The van der Waals surface area contributed by atoms with Crippen LogP contribution in [0.4, 0.5) is 0 Å². The molecule has 0 aliphatic rings. The third kappa shape index (κ3) is 21.3. The zero-order valence-corrected chi connectivity index (χ0v) is 35.1. The van der Waals surface area contributed by atoms with Crippen molar-refractivity contribution < 1.29 is 47.6 Å². The molecule has 0 aromatic heterocycles. The molecule has 10 heteroatoms. The van der Waals surface area contributed by atoms with Gasteiger partial charge < -0.3 is 28.4 Å². The normalized spacial score (nSPS) is 10.7. The molecule has 0 aliphatic carbocycles. The second kappa shape index (κ2) is 29.8. The Morgan fingerprint density at radius 1 is 0.441 bits per heavy atom. The topological polar surface area (TPSA) is 124 Å². The maximum absolute atomic E-state index is 12.9. The Labute approximate surface area is 351 Å². The van der Waals surface area contributed by atoms with Crippen LogP contribution in [0.2, 0.25) is 0 Å². The van der Waals surface area contributed by atoms with Crippen molar-refractivity contribution in [2.75, 3.05) is 26.4 Å². The molecule has 10 nitrogen and oxygen atoms in total. The third-order valence-corrected chi connectivity index (χ3v) is 9.68. The molecule has 3 aromatic rings. The van der Waals surface area contributed by atoms with Gasteiger partial charge in [-0.05, 0) is 105 Å². The van der Waals surface area contributed by atoms with E-state index >= 15 is 0 Å². The van der Waals surface area contributed by atoms with Crippen LogP contribution in [0.1, 0.15) is 142 Å². The van der Waals surface area contributed by atoms with Gasteiger partial charge in [0.05, 0.1) is 37.6 Å². The van der Waals surface area contributed by atoms with E-state index in [1.807, 2.05) is 0 Å². The van der Waals surface area contributed by atoms with E-state index in [-0.39, 0.29) is 11.9 Å². The summed E-state index contributed by atoms with van der Waals surface area (Å²) in [6.07, 6.45) is 22.3. The minimum Gasteiger partial charge on any atom is -0.494 e. The number of unbranched alkanes of at least 4 members (excludes halogenated alkanes) is 16. The number of ether oxygens (including phenoxy) is 6. The van der Waals surface area contributed by atoms with Crippen molar-refractivity contribution >= 4 is 23.9 Å². The molecule has 0 saturated heterocycles. The van der Waals surface area contributed by atoms with E-state index in [0.29, 0.717) is 66.1 Å². The molecular weight excluding hydrogens is 749 g/mol. The number of hydrogen-bond acceptors (Lipinski definition) is 10. The maximum atomic E-state index is 12.9. The average Bonchev–Trinajstić information content (AvgIpc) is 3.25. The Balaban J connectivity index is 1.24. The Bertz CT molecular complexity index is 1700. The maximum Gasteiger partial charge on any atom is 0.343 e. The lowest BCUT2D eigenvalue weighted by Crippen LogP contribution is -2.10. The highest BCUT2D eigenvalue weighted by Gasteiger charge is 2.14. The molecule has 3 aromatic carbocycles. The summed E-state index contributed by atoms with van der Waals surface area (Å²) in [5, 5.41) is 0. The number of hydrogen-bond donors (Lipinski definition) is 0. The highest BCUT2D eigenvalue weighted by molar-refractivity contribution is 5.92. The first-order valence-electron chi connectivity index (χ1n) is 21.4. The zero-order valence-electron chi connectivity index (χ0n) is 35.1. The van der Waals surface area contributed by atoms with E-state index in [9.17, 15) is 19.2 Å². The summed E-state index contributed by atoms with van der Waals surface area (Å²) in [6.45, 7) is 10.7. The predicted octanol–water partition coefficient (Wildman–Crippen LogP) is 11.7. The minimum absolute atomic E-state index is 0.345. The van der Waals surface area contributed by atoms with E-state index in [2.05, 4.69) is 13.2 Å². The Morgan fingerprint density at radius 3 is 1.15 bits per heavy atom. The fraction of sp³-hybridized carbons (Fsp3) is 0.469. The molecule has 0 bridgehead atoms. The fourth-order valence-electron chi connectivity index (χ4n) is 6.23. The van der Waals surface area contributed by atoms with Crippen LogP contribution in [0.3, 0.4) is 0 Å². The lowest BCUT2D eigenvalue weighted by molar-refractivity contribution is -0.138. The Hall–Kier alpha value is -5.38. The number of aryl methyl sites for hydroxylation is 1. The zero-order chi connectivity index (χ0) is 42.3. The summed E-state index contributed by atoms with van der Waals surface area (Å²) in [4.78, 5) is 47.7. The number of benzene rings is 3. The lowest BCUT2D eigenvalue weighted by atomic mass is 10.1. The van der Waals surface area contributed by atoms with Gasteiger partial charge in [0.25, 0.3) is 0 Å². The van der Waals surface area contributed by atoms with Crippen LogP contribution in [0.15, 0.2) is 92.0 Å². The van der Waals surface area contributed by atoms with Crippen LogP contribution in [0.25, 0.3) is 0 Å². The molecule has 0 saturated carbocycles. The number of carbonyl (C=O) groups is 4. The van der Waals surface area contributed by atoms with Crippen molar-refractivity contribution in [1.29, 1.82) is 0 Å². The SMILES string of the molecule is C=CC(=O)OCCCCCCCCCCCOc1ccc(C(=O)Oc2ccc(OC(=O)c3ccc(OCCCCCCCCCCCOC(=O)C=C)cc3)c(C)c2)cc1. The van der Waals surface area contributed by atoms with Crippen molar-refractivity contribution in [2.45, 2.75) is 122 Å². The molecule has 0 atom stereocenters. The van der Waals surface area contributed by atoms with Crippen molar-refractivity contribution in [2.24, 2.45) is 0 Å². The summed E-state index contributed by atoms with van der Waals surface area (Å²) >= 11 is 0. The summed E-state index contributed by atoms with van der Waals surface area (Å²) in [5.41, 5.74) is 1.45. The summed E-state index contributed by atoms with van der Waals surface area (Å²) in [7, 11) is 0. The third-order valence-electron chi connectivity index (χ3n) is 9.68. The van der Waals surface area contributed by atoms with Crippen LogP contribution in [0, 0.1) is 6.92 Å². The number of esters is 4. The van der Waals surface area contributed by atoms with Crippen molar-refractivity contribution in [1.82, 2.24) is 0 Å². The van der Waals surface area contributed by atoms with E-state index in [1.165, 1.54) is 63.5 Å². The van der Waals surface area contributed by atoms with Gasteiger partial charge in [-0.15, -0.1) is 0 Å². The van der Waals surface area contributed by atoms with E-state index < -0.39 is 11.9 Å². The van der Waals surface area contributed by atoms with Crippen LogP contribution >= 0.6 is 0 Å². The predicted molar refractivity (Wildman–Crippen MR) is 230 cm³/mol. The largest absolute Gasteiger partial charge is 0.494 e. The first-order chi connectivity index (χ1) is 28.8. The molecular formula is C49H64O10. The van der Waals surface area contributed by atoms with Crippen molar-refractivity contribution in [3.8, 4) is 23.0 Å². The van der Waals surface area contributed by atoms with Gasteiger partial charge in [0.15, 0.2) is 0 Å². The standard InChI is InChI=1S/C49H64O10/c1-4-46(50)56-36-22-18-14-10-6-8-12-16-20-34-54-42-28-24-40(25-29-42)48(52)58-44-32-33-45(39(3)38-44)59-49(53)41-26-30-43(31-27-41)55-35-21-17-13-9-7-11-15-19-23-37-57-47(51)5-2/h4-5,24-33,38H,1-2,6-23,34-37H2,3H3. The summed E-state index contributed by atoms with van der Waals surface area (Å²) in [5.74, 6) is 0.430. The highest BCUT2D eigenvalue weighted by atomic mass is 16.5. The first kappa shape index (κ1) is 48.0. The van der Waals surface area contributed by atoms with Crippen molar-refractivity contribution in [3.05, 3.63) is 109 Å². The van der Waals surface area contributed by atoms with E-state index in [0.717, 1.165) is 64.2 Å². The van der Waals surface area contributed by atoms with Gasteiger partial charge in [0.1, 0.15) is 23.0 Å². The number of carbonyl (C=O) groups excluding carboxylic acids is 4. The smallest absolute Gasteiger partial charge is 0.343 e. The molecule has 59 heavy (non-hydrogen) atoms. The van der Waals surface area contributed by atoms with E-state index in [4.69, 9.17) is 28.4 Å².